The quantitative estimate of drug-likeness (QED) is 0.482. The van der Waals surface area contributed by atoms with E-state index in [0.717, 1.165) is 11.5 Å². The van der Waals surface area contributed by atoms with Gasteiger partial charge in [0.2, 0.25) is 16.0 Å². The summed E-state index contributed by atoms with van der Waals surface area (Å²) in [5, 5.41) is 3.47. The molecule has 0 unspecified atom stereocenters. The van der Waals surface area contributed by atoms with E-state index in [-0.39, 0.29) is 4.90 Å². The van der Waals surface area contributed by atoms with E-state index in [4.69, 9.17) is 16.3 Å². The molecule has 9 nitrogen and oxygen atoms in total. The van der Waals surface area contributed by atoms with E-state index in [1.54, 1.807) is 25.4 Å². The van der Waals surface area contributed by atoms with Gasteiger partial charge in [0.25, 0.3) is 0 Å². The first-order chi connectivity index (χ1) is 14.3. The molecule has 0 saturated heterocycles. The minimum Gasteiger partial charge on any atom is -0.385 e. The lowest BCUT2D eigenvalue weighted by atomic mass is 10.3. The molecule has 0 aliphatic rings. The number of methoxy groups -OCH3 is 1. The number of benzene rings is 1. The number of nitrogens with zero attached hydrogens (tertiary/aromatic N) is 4. The molecule has 0 amide bonds. The van der Waals surface area contributed by atoms with Crippen molar-refractivity contribution >= 4 is 33.3 Å². The fraction of sp³-hybridized carbons (Fsp3) is 0.316. The van der Waals surface area contributed by atoms with Crippen molar-refractivity contribution in [3.8, 4) is 11.4 Å². The molecule has 2 aromatic heterocycles. The number of ether oxygens (including phenoxy) is 1. The van der Waals surface area contributed by atoms with Gasteiger partial charge in [-0.25, -0.2) is 28.1 Å². The van der Waals surface area contributed by atoms with E-state index in [1.807, 2.05) is 18.5 Å². The van der Waals surface area contributed by atoms with Gasteiger partial charge in [0.1, 0.15) is 11.5 Å². The zero-order valence-electron chi connectivity index (χ0n) is 16.9. The molecule has 0 atom stereocenters. The van der Waals surface area contributed by atoms with Crippen LogP contribution in [0.25, 0.3) is 11.4 Å². The fourth-order valence-electron chi connectivity index (χ4n) is 2.68. The Morgan fingerprint density at radius 3 is 2.53 bits per heavy atom. The van der Waals surface area contributed by atoms with Crippen molar-refractivity contribution in [3.05, 3.63) is 47.5 Å². The summed E-state index contributed by atoms with van der Waals surface area (Å²) in [4.78, 5) is 13.1. The maximum Gasteiger partial charge on any atom is 0.240 e. The second-order valence-electron chi connectivity index (χ2n) is 6.53. The van der Waals surface area contributed by atoms with E-state index in [9.17, 15) is 8.42 Å². The summed E-state index contributed by atoms with van der Waals surface area (Å²) in [7, 11) is -0.118. The smallest absolute Gasteiger partial charge is 0.240 e. The highest BCUT2D eigenvalue weighted by atomic mass is 35.5. The van der Waals surface area contributed by atoms with E-state index < -0.39 is 10.0 Å². The van der Waals surface area contributed by atoms with Gasteiger partial charge < -0.3 is 14.6 Å². The summed E-state index contributed by atoms with van der Waals surface area (Å²) in [5.41, 5.74) is 1.96. The number of anilines is 2. The molecule has 3 aromatic rings. The van der Waals surface area contributed by atoms with Gasteiger partial charge in [0.05, 0.1) is 28.0 Å². The minimum atomic E-state index is -3.57. The summed E-state index contributed by atoms with van der Waals surface area (Å²) >= 11 is 6.27. The molecule has 0 spiro atoms. The van der Waals surface area contributed by atoms with Crippen molar-refractivity contribution < 1.29 is 13.2 Å². The van der Waals surface area contributed by atoms with Crippen LogP contribution in [0.3, 0.4) is 0 Å². The monoisotopic (exact) mass is 450 g/mol. The third kappa shape index (κ3) is 5.14. The standard InChI is InChI=1S/C19H23ClN6O3S/c1-13-21-12-17(26(13)2)18-16(20)11-22-19(25-18)24-14-5-7-15(8-6-14)30(27,28)23-9-4-10-29-3/h5-8,11-12,23H,4,9-10H2,1-3H3,(H,22,24,25). The van der Waals surface area contributed by atoms with Crippen molar-refractivity contribution in [1.82, 2.24) is 24.2 Å². The molecular weight excluding hydrogens is 428 g/mol. The maximum atomic E-state index is 12.3. The minimum absolute atomic E-state index is 0.175. The largest absolute Gasteiger partial charge is 0.385 e. The van der Waals surface area contributed by atoms with E-state index in [2.05, 4.69) is 25.0 Å². The average Bonchev–Trinajstić information content (AvgIpc) is 3.06. The van der Waals surface area contributed by atoms with Crippen LogP contribution < -0.4 is 10.0 Å². The van der Waals surface area contributed by atoms with Crippen LogP contribution >= 0.6 is 11.6 Å². The molecule has 0 saturated carbocycles. The number of rotatable bonds is 9. The lowest BCUT2D eigenvalue weighted by molar-refractivity contribution is 0.196. The molecule has 0 aliphatic carbocycles. The summed E-state index contributed by atoms with van der Waals surface area (Å²) in [6.45, 7) is 2.69. The van der Waals surface area contributed by atoms with Crippen LogP contribution in [-0.4, -0.2) is 48.2 Å². The predicted molar refractivity (Wildman–Crippen MR) is 115 cm³/mol. The van der Waals surface area contributed by atoms with Gasteiger partial charge in [-0.1, -0.05) is 11.6 Å². The van der Waals surface area contributed by atoms with Gasteiger partial charge >= 0.3 is 0 Å². The van der Waals surface area contributed by atoms with Crippen molar-refractivity contribution in [1.29, 1.82) is 0 Å². The van der Waals surface area contributed by atoms with E-state index >= 15 is 0 Å². The highest BCUT2D eigenvalue weighted by molar-refractivity contribution is 7.89. The molecule has 0 bridgehead atoms. The molecule has 0 aliphatic heterocycles. The van der Waals surface area contributed by atoms with Crippen LogP contribution in [0, 0.1) is 6.92 Å². The lowest BCUT2D eigenvalue weighted by Gasteiger charge is -2.10. The Hall–Kier alpha value is -2.53. The van der Waals surface area contributed by atoms with Crippen molar-refractivity contribution in [2.75, 3.05) is 25.6 Å². The Morgan fingerprint density at radius 1 is 1.17 bits per heavy atom. The van der Waals surface area contributed by atoms with Crippen LogP contribution in [0.5, 0.6) is 0 Å². The number of aromatic nitrogens is 4. The summed E-state index contributed by atoms with van der Waals surface area (Å²) in [5.74, 6) is 1.17. The third-order valence-corrected chi connectivity index (χ3v) is 6.20. The first kappa shape index (κ1) is 22.2. The summed E-state index contributed by atoms with van der Waals surface area (Å²) in [6, 6.07) is 6.33. The third-order valence-electron chi connectivity index (χ3n) is 4.45. The van der Waals surface area contributed by atoms with Crippen LogP contribution in [0.2, 0.25) is 5.02 Å². The normalized spacial score (nSPS) is 11.6. The fourth-order valence-corrected chi connectivity index (χ4v) is 3.94. The Morgan fingerprint density at radius 2 is 1.90 bits per heavy atom. The molecular formula is C19H23ClN6O3S. The zero-order valence-corrected chi connectivity index (χ0v) is 18.5. The van der Waals surface area contributed by atoms with E-state index in [1.165, 1.54) is 18.3 Å². The van der Waals surface area contributed by atoms with Gasteiger partial charge in [-0.15, -0.1) is 0 Å². The Kier molecular flexibility index (Phi) is 7.03. The second-order valence-corrected chi connectivity index (χ2v) is 8.71. The molecule has 0 radical (unpaired) electrons. The number of sulfonamides is 1. The van der Waals surface area contributed by atoms with Gasteiger partial charge in [0.15, 0.2) is 0 Å². The molecule has 2 N–H and O–H groups in total. The SMILES string of the molecule is COCCCNS(=O)(=O)c1ccc(Nc2ncc(Cl)c(-c3cnc(C)n3C)n2)cc1. The van der Waals surface area contributed by atoms with Crippen molar-refractivity contribution in [2.24, 2.45) is 7.05 Å². The first-order valence-electron chi connectivity index (χ1n) is 9.19. The van der Waals surface area contributed by atoms with Crippen LogP contribution in [0.15, 0.2) is 41.6 Å². The van der Waals surface area contributed by atoms with E-state index in [0.29, 0.717) is 41.9 Å². The molecule has 0 fully saturated rings. The van der Waals surface area contributed by atoms with Gasteiger partial charge in [-0.2, -0.15) is 0 Å². The van der Waals surface area contributed by atoms with Crippen LogP contribution in [-0.2, 0) is 21.8 Å². The predicted octanol–water partition coefficient (Wildman–Crippen LogP) is 2.90. The second kappa shape index (κ2) is 9.52. The van der Waals surface area contributed by atoms with Crippen molar-refractivity contribution in [2.45, 2.75) is 18.2 Å². The van der Waals surface area contributed by atoms with Crippen LogP contribution in [0.4, 0.5) is 11.6 Å². The number of nitrogens with one attached hydrogen (secondary N) is 2. The zero-order chi connectivity index (χ0) is 21.7. The van der Waals surface area contributed by atoms with Gasteiger partial charge in [-0.3, -0.25) is 0 Å². The highest BCUT2D eigenvalue weighted by Crippen LogP contribution is 2.27. The summed E-state index contributed by atoms with van der Waals surface area (Å²) in [6.07, 6.45) is 3.81. The van der Waals surface area contributed by atoms with Gasteiger partial charge in [0, 0.05) is 33.0 Å². The summed E-state index contributed by atoms with van der Waals surface area (Å²) < 4.78 is 34.0. The Labute approximate surface area is 180 Å². The molecule has 160 valence electrons. The highest BCUT2D eigenvalue weighted by Gasteiger charge is 2.15. The van der Waals surface area contributed by atoms with Gasteiger partial charge in [-0.05, 0) is 37.6 Å². The number of imidazole rings is 1. The average molecular weight is 451 g/mol. The first-order valence-corrected chi connectivity index (χ1v) is 11.0. The van der Waals surface area contributed by atoms with Crippen LogP contribution in [0.1, 0.15) is 12.2 Å². The molecule has 3 rings (SSSR count). The lowest BCUT2D eigenvalue weighted by Crippen LogP contribution is -2.25. The Balaban J connectivity index is 1.74. The van der Waals surface area contributed by atoms with Crippen molar-refractivity contribution in [3.63, 3.8) is 0 Å². The molecule has 30 heavy (non-hydrogen) atoms. The maximum absolute atomic E-state index is 12.3. The molecule has 1 aromatic carbocycles. The number of hydrogen-bond donors (Lipinski definition) is 2. The number of aryl methyl sites for hydroxylation is 1. The number of hydrogen-bond acceptors (Lipinski definition) is 7. The Bertz CT molecular complexity index is 1120. The molecule has 11 heteroatoms. The topological polar surface area (TPSA) is 111 Å². The number of halogens is 1. The molecule has 2 heterocycles.